The van der Waals surface area contributed by atoms with Crippen molar-refractivity contribution in [3.8, 4) is 17.2 Å². The van der Waals surface area contributed by atoms with E-state index in [4.69, 9.17) is 9.47 Å². The molecule has 2 aromatic carbocycles. The Kier molecular flexibility index (Phi) is 6.38. The Labute approximate surface area is 177 Å². The van der Waals surface area contributed by atoms with E-state index in [9.17, 15) is 28.6 Å². The van der Waals surface area contributed by atoms with Gasteiger partial charge in [0.25, 0.3) is 5.69 Å². The highest BCUT2D eigenvalue weighted by Crippen LogP contribution is 2.39. The zero-order valence-corrected chi connectivity index (χ0v) is 17.6. The van der Waals surface area contributed by atoms with Crippen molar-refractivity contribution in [2.24, 2.45) is 0 Å². The molecule has 0 N–H and O–H groups in total. The average molecular weight is 452 g/mol. The average Bonchev–Trinajstić information content (AvgIpc) is 2.74. The fourth-order valence-electron chi connectivity index (χ4n) is 3.04. The molecule has 0 amide bonds. The first kappa shape index (κ1) is 22.4. The highest BCUT2D eigenvalue weighted by Gasteiger charge is 2.30. The molecular formula is C18H20N4O8S. The molecule has 1 fully saturated rings. The molecule has 0 aliphatic carbocycles. The van der Waals surface area contributed by atoms with Gasteiger partial charge < -0.3 is 14.4 Å². The van der Waals surface area contributed by atoms with Crippen molar-refractivity contribution < 1.29 is 27.7 Å². The molecule has 1 aliphatic rings. The summed E-state index contributed by atoms with van der Waals surface area (Å²) >= 11 is 0. The first-order valence-corrected chi connectivity index (χ1v) is 10.5. The lowest BCUT2D eigenvalue weighted by Crippen LogP contribution is -2.47. The van der Waals surface area contributed by atoms with E-state index in [0.717, 1.165) is 18.2 Å². The van der Waals surface area contributed by atoms with Crippen molar-refractivity contribution in [2.45, 2.75) is 4.90 Å². The number of sulfonamides is 1. The molecule has 166 valence electrons. The van der Waals surface area contributed by atoms with Crippen LogP contribution in [0.2, 0.25) is 0 Å². The van der Waals surface area contributed by atoms with Crippen LogP contribution in [-0.2, 0) is 10.0 Å². The summed E-state index contributed by atoms with van der Waals surface area (Å²) in [5, 5.41) is 22.6. The predicted molar refractivity (Wildman–Crippen MR) is 109 cm³/mol. The lowest BCUT2D eigenvalue weighted by molar-refractivity contribution is -0.386. The zero-order valence-electron chi connectivity index (χ0n) is 16.8. The van der Waals surface area contributed by atoms with Crippen LogP contribution in [0, 0.1) is 20.2 Å². The molecule has 0 radical (unpaired) electrons. The van der Waals surface area contributed by atoms with Crippen LogP contribution in [0.1, 0.15) is 0 Å². The van der Waals surface area contributed by atoms with E-state index < -0.39 is 25.6 Å². The van der Waals surface area contributed by atoms with Gasteiger partial charge in [-0.2, -0.15) is 4.31 Å². The van der Waals surface area contributed by atoms with Gasteiger partial charge in [0.2, 0.25) is 15.8 Å². The highest BCUT2D eigenvalue weighted by atomic mass is 32.2. The number of nitro groups is 2. The molecule has 31 heavy (non-hydrogen) atoms. The molecule has 0 saturated carbocycles. The van der Waals surface area contributed by atoms with Crippen LogP contribution in [0.4, 0.5) is 11.4 Å². The topological polar surface area (TPSA) is 145 Å². The van der Waals surface area contributed by atoms with Crippen LogP contribution in [0.25, 0.3) is 0 Å². The van der Waals surface area contributed by atoms with Gasteiger partial charge in [0, 0.05) is 38.3 Å². The normalized spacial score (nSPS) is 15.4. The number of piperazine rings is 1. The second-order valence-corrected chi connectivity index (χ2v) is 8.73. The summed E-state index contributed by atoms with van der Waals surface area (Å²) in [6.45, 7) is 1.65. The smallest absolute Gasteiger partial charge is 0.312 e. The largest absolute Gasteiger partial charge is 0.493 e. The van der Waals surface area contributed by atoms with Gasteiger partial charge in [-0.05, 0) is 25.2 Å². The monoisotopic (exact) mass is 452 g/mol. The Bertz CT molecular complexity index is 1110. The van der Waals surface area contributed by atoms with E-state index in [0.29, 0.717) is 13.1 Å². The first-order valence-electron chi connectivity index (χ1n) is 9.11. The minimum atomic E-state index is -3.93. The van der Waals surface area contributed by atoms with Gasteiger partial charge in [-0.3, -0.25) is 20.2 Å². The van der Waals surface area contributed by atoms with Gasteiger partial charge in [-0.15, -0.1) is 0 Å². The van der Waals surface area contributed by atoms with Crippen LogP contribution >= 0.6 is 0 Å². The molecule has 1 aliphatic heterocycles. The van der Waals surface area contributed by atoms with Crippen molar-refractivity contribution in [1.29, 1.82) is 0 Å². The fourth-order valence-corrected chi connectivity index (χ4v) is 4.48. The molecule has 1 saturated heterocycles. The number of ether oxygens (including phenoxy) is 2. The standard InChI is InChI=1S/C18H20N4O8S/c1-19-7-9-20(10-8-19)31(27,28)14-4-6-16(15(12-14)22(25)26)30-18-11-13(21(23)24)3-5-17(18)29-2/h3-6,11-12H,7-10H2,1-2H3. The number of nitro benzene ring substituents is 2. The van der Waals surface area contributed by atoms with E-state index in [2.05, 4.69) is 0 Å². The third-order valence-corrected chi connectivity index (χ3v) is 6.70. The Balaban J connectivity index is 1.98. The number of non-ortho nitro benzene ring substituents is 1. The summed E-state index contributed by atoms with van der Waals surface area (Å²) in [4.78, 5) is 23.0. The van der Waals surface area contributed by atoms with E-state index in [1.807, 2.05) is 11.9 Å². The second-order valence-electron chi connectivity index (χ2n) is 6.79. The lowest BCUT2D eigenvalue weighted by Gasteiger charge is -2.31. The molecule has 1 heterocycles. The highest BCUT2D eigenvalue weighted by molar-refractivity contribution is 7.89. The number of hydrogen-bond acceptors (Lipinski definition) is 9. The van der Waals surface area contributed by atoms with E-state index in [1.54, 1.807) is 0 Å². The molecule has 0 spiro atoms. The summed E-state index contributed by atoms with van der Waals surface area (Å²) in [6, 6.07) is 6.85. The molecule has 2 aromatic rings. The fraction of sp³-hybridized carbons (Fsp3) is 0.333. The predicted octanol–water partition coefficient (Wildman–Crippen LogP) is 2.24. The maximum absolute atomic E-state index is 12.9. The van der Waals surface area contributed by atoms with Crippen LogP contribution in [-0.4, -0.2) is 67.8 Å². The second kappa shape index (κ2) is 8.83. The summed E-state index contributed by atoms with van der Waals surface area (Å²) < 4.78 is 37.7. The van der Waals surface area contributed by atoms with E-state index in [1.165, 1.54) is 29.6 Å². The first-order chi connectivity index (χ1) is 14.6. The maximum Gasteiger partial charge on any atom is 0.312 e. The van der Waals surface area contributed by atoms with Crippen molar-refractivity contribution in [2.75, 3.05) is 40.3 Å². The van der Waals surface area contributed by atoms with Gasteiger partial charge in [-0.1, -0.05) is 0 Å². The SMILES string of the molecule is COc1ccc([N+](=O)[O-])cc1Oc1ccc(S(=O)(=O)N2CCN(C)CC2)cc1[N+](=O)[O-]. The number of methoxy groups -OCH3 is 1. The molecule has 12 nitrogen and oxygen atoms in total. The number of rotatable bonds is 7. The third-order valence-electron chi connectivity index (χ3n) is 4.81. The van der Waals surface area contributed by atoms with Crippen molar-refractivity contribution >= 4 is 21.4 Å². The molecule has 3 rings (SSSR count). The van der Waals surface area contributed by atoms with Crippen molar-refractivity contribution in [3.63, 3.8) is 0 Å². The minimum absolute atomic E-state index is 0.116. The molecule has 13 heteroatoms. The Morgan fingerprint density at radius 2 is 1.55 bits per heavy atom. The number of hydrogen-bond donors (Lipinski definition) is 0. The molecule has 0 bridgehead atoms. The van der Waals surface area contributed by atoms with Gasteiger partial charge in [0.05, 0.1) is 27.9 Å². The minimum Gasteiger partial charge on any atom is -0.493 e. The molecule has 0 unspecified atom stereocenters. The molecular weight excluding hydrogens is 432 g/mol. The van der Waals surface area contributed by atoms with Crippen molar-refractivity contribution in [3.05, 3.63) is 56.6 Å². The quantitative estimate of drug-likeness (QED) is 0.456. The Morgan fingerprint density at radius 1 is 0.903 bits per heavy atom. The molecule has 0 atom stereocenters. The number of likely N-dealkylation sites (N-methyl/N-ethyl adjacent to an activating group) is 1. The summed E-state index contributed by atoms with van der Waals surface area (Å²) in [5.41, 5.74) is -0.892. The van der Waals surface area contributed by atoms with E-state index in [-0.39, 0.29) is 40.9 Å². The van der Waals surface area contributed by atoms with Crippen LogP contribution < -0.4 is 9.47 Å². The Hall–Kier alpha value is -3.29. The van der Waals surface area contributed by atoms with Gasteiger partial charge in [-0.25, -0.2) is 8.42 Å². The van der Waals surface area contributed by atoms with Crippen LogP contribution in [0.15, 0.2) is 41.3 Å². The van der Waals surface area contributed by atoms with Gasteiger partial charge >= 0.3 is 5.69 Å². The number of benzene rings is 2. The third kappa shape index (κ3) is 4.73. The van der Waals surface area contributed by atoms with Crippen LogP contribution in [0.5, 0.6) is 17.2 Å². The van der Waals surface area contributed by atoms with E-state index >= 15 is 0 Å². The maximum atomic E-state index is 12.9. The Morgan fingerprint density at radius 3 is 2.13 bits per heavy atom. The van der Waals surface area contributed by atoms with Crippen molar-refractivity contribution in [1.82, 2.24) is 9.21 Å². The van der Waals surface area contributed by atoms with Gasteiger partial charge in [0.15, 0.2) is 11.5 Å². The summed E-state index contributed by atoms with van der Waals surface area (Å²) in [5.74, 6) is -0.273. The number of nitrogens with zero attached hydrogens (tertiary/aromatic N) is 4. The summed E-state index contributed by atoms with van der Waals surface area (Å²) in [6.07, 6.45) is 0. The molecule has 0 aromatic heterocycles. The van der Waals surface area contributed by atoms with Gasteiger partial charge in [0.1, 0.15) is 0 Å². The summed E-state index contributed by atoms with van der Waals surface area (Å²) in [7, 11) is -0.737. The zero-order chi connectivity index (χ0) is 22.8. The lowest BCUT2D eigenvalue weighted by atomic mass is 10.2. The van der Waals surface area contributed by atoms with Crippen LogP contribution in [0.3, 0.4) is 0 Å².